The van der Waals surface area contributed by atoms with Crippen molar-refractivity contribution in [2.45, 2.75) is 12.8 Å². The molecule has 0 aliphatic heterocycles. The van der Waals surface area contributed by atoms with E-state index in [0.717, 1.165) is 5.75 Å². The topological polar surface area (TPSA) is 51.0 Å². The minimum Gasteiger partial charge on any atom is -0.494 e. The molecule has 1 unspecified atom stereocenters. The molecule has 0 saturated carbocycles. The second-order valence-corrected chi connectivity index (χ2v) is 3.93. The smallest absolute Gasteiger partial charge is 0.119 e. The molecule has 0 aliphatic carbocycles. The standard InChI is InChI=1S/C14H18N2O/c1-2-17-13-5-3-11(4-6-13)14(9-15)12-7-8-16-10-12/h3-8,10,14,16H,2,9,15H2,1H3. The summed E-state index contributed by atoms with van der Waals surface area (Å²) in [5.74, 6) is 1.15. The zero-order chi connectivity index (χ0) is 12.1. The summed E-state index contributed by atoms with van der Waals surface area (Å²) < 4.78 is 5.43. The Bertz CT molecular complexity index is 434. The minimum absolute atomic E-state index is 0.247. The molecule has 3 N–H and O–H groups in total. The molecular formula is C14H18N2O. The summed E-state index contributed by atoms with van der Waals surface area (Å²) in [6.07, 6.45) is 3.92. The van der Waals surface area contributed by atoms with E-state index in [4.69, 9.17) is 10.5 Å². The highest BCUT2D eigenvalue weighted by Crippen LogP contribution is 2.25. The number of aromatic nitrogens is 1. The SMILES string of the molecule is CCOc1ccc(C(CN)c2cc[nH]c2)cc1. The minimum atomic E-state index is 0.247. The number of H-pyrrole nitrogens is 1. The quantitative estimate of drug-likeness (QED) is 0.829. The maximum atomic E-state index is 5.85. The molecule has 17 heavy (non-hydrogen) atoms. The van der Waals surface area contributed by atoms with E-state index in [-0.39, 0.29) is 5.92 Å². The van der Waals surface area contributed by atoms with Crippen LogP contribution in [-0.2, 0) is 0 Å². The number of aromatic amines is 1. The molecule has 0 aliphatic rings. The van der Waals surface area contributed by atoms with Gasteiger partial charge in [0.05, 0.1) is 6.61 Å². The van der Waals surface area contributed by atoms with Crippen LogP contribution in [0.5, 0.6) is 5.75 Å². The van der Waals surface area contributed by atoms with Gasteiger partial charge >= 0.3 is 0 Å². The first-order chi connectivity index (χ1) is 8.35. The van der Waals surface area contributed by atoms with Crippen LogP contribution in [0.25, 0.3) is 0 Å². The molecule has 1 aromatic carbocycles. The Morgan fingerprint density at radius 2 is 1.94 bits per heavy atom. The van der Waals surface area contributed by atoms with Gasteiger partial charge in [0.2, 0.25) is 0 Å². The highest BCUT2D eigenvalue weighted by molar-refractivity contribution is 5.35. The van der Waals surface area contributed by atoms with Gasteiger partial charge in [-0.3, -0.25) is 0 Å². The van der Waals surface area contributed by atoms with Crippen LogP contribution >= 0.6 is 0 Å². The molecule has 0 radical (unpaired) electrons. The first-order valence-electron chi connectivity index (χ1n) is 5.90. The van der Waals surface area contributed by atoms with Gasteiger partial charge in [0.1, 0.15) is 5.75 Å². The van der Waals surface area contributed by atoms with E-state index in [1.807, 2.05) is 31.5 Å². The Hall–Kier alpha value is -1.74. The molecule has 1 heterocycles. The van der Waals surface area contributed by atoms with Gasteiger partial charge in [-0.25, -0.2) is 0 Å². The Balaban J connectivity index is 2.20. The molecule has 1 aromatic heterocycles. The van der Waals surface area contributed by atoms with Crippen molar-refractivity contribution < 1.29 is 4.74 Å². The predicted molar refractivity (Wildman–Crippen MR) is 69.3 cm³/mol. The van der Waals surface area contributed by atoms with E-state index in [1.165, 1.54) is 11.1 Å². The summed E-state index contributed by atoms with van der Waals surface area (Å²) in [7, 11) is 0. The molecule has 1 atom stereocenters. The predicted octanol–water partition coefficient (Wildman–Crippen LogP) is 2.50. The fourth-order valence-electron chi connectivity index (χ4n) is 1.98. The number of nitrogens with one attached hydrogen (secondary N) is 1. The normalized spacial score (nSPS) is 12.4. The van der Waals surface area contributed by atoms with E-state index < -0.39 is 0 Å². The van der Waals surface area contributed by atoms with Crippen LogP contribution in [0.15, 0.2) is 42.7 Å². The second-order valence-electron chi connectivity index (χ2n) is 3.93. The molecule has 90 valence electrons. The van der Waals surface area contributed by atoms with Crippen LogP contribution in [-0.4, -0.2) is 18.1 Å². The van der Waals surface area contributed by atoms with Crippen molar-refractivity contribution in [2.75, 3.05) is 13.2 Å². The largest absolute Gasteiger partial charge is 0.494 e. The highest BCUT2D eigenvalue weighted by Gasteiger charge is 2.12. The summed E-state index contributed by atoms with van der Waals surface area (Å²) in [6.45, 7) is 3.28. The Labute approximate surface area is 102 Å². The molecule has 0 fully saturated rings. The zero-order valence-electron chi connectivity index (χ0n) is 10.0. The maximum Gasteiger partial charge on any atom is 0.119 e. The summed E-state index contributed by atoms with van der Waals surface area (Å²) in [5, 5.41) is 0. The Morgan fingerprint density at radius 1 is 1.18 bits per heavy atom. The molecule has 2 aromatic rings. The van der Waals surface area contributed by atoms with Gasteiger partial charge in [-0.15, -0.1) is 0 Å². The number of hydrogen-bond donors (Lipinski definition) is 2. The van der Waals surface area contributed by atoms with Crippen LogP contribution in [0.3, 0.4) is 0 Å². The Kier molecular flexibility index (Phi) is 3.83. The van der Waals surface area contributed by atoms with Crippen LogP contribution in [0.2, 0.25) is 0 Å². The third-order valence-corrected chi connectivity index (χ3v) is 2.85. The number of nitrogens with two attached hydrogens (primary N) is 1. The van der Waals surface area contributed by atoms with Crippen molar-refractivity contribution in [1.29, 1.82) is 0 Å². The van der Waals surface area contributed by atoms with Crippen LogP contribution in [0.4, 0.5) is 0 Å². The molecule has 0 saturated heterocycles. The lowest BCUT2D eigenvalue weighted by molar-refractivity contribution is 0.340. The van der Waals surface area contributed by atoms with E-state index >= 15 is 0 Å². The first kappa shape index (κ1) is 11.7. The number of benzene rings is 1. The Morgan fingerprint density at radius 3 is 2.47 bits per heavy atom. The van der Waals surface area contributed by atoms with Gasteiger partial charge in [-0.1, -0.05) is 12.1 Å². The van der Waals surface area contributed by atoms with Crippen LogP contribution in [0, 0.1) is 0 Å². The maximum absolute atomic E-state index is 5.85. The van der Waals surface area contributed by atoms with Crippen molar-refractivity contribution in [2.24, 2.45) is 5.73 Å². The second kappa shape index (κ2) is 5.55. The van der Waals surface area contributed by atoms with Gasteiger partial charge in [0, 0.05) is 24.9 Å². The van der Waals surface area contributed by atoms with E-state index in [2.05, 4.69) is 23.2 Å². The van der Waals surface area contributed by atoms with Crippen molar-refractivity contribution >= 4 is 0 Å². The molecule has 0 bridgehead atoms. The van der Waals surface area contributed by atoms with Crippen molar-refractivity contribution in [1.82, 2.24) is 4.98 Å². The van der Waals surface area contributed by atoms with Crippen molar-refractivity contribution in [3.05, 3.63) is 53.9 Å². The molecule has 0 spiro atoms. The number of rotatable bonds is 5. The summed E-state index contributed by atoms with van der Waals surface area (Å²) in [4.78, 5) is 3.07. The van der Waals surface area contributed by atoms with Gasteiger partial charge in [0.25, 0.3) is 0 Å². The van der Waals surface area contributed by atoms with Crippen molar-refractivity contribution in [3.63, 3.8) is 0 Å². The average Bonchev–Trinajstić information content (AvgIpc) is 2.86. The monoisotopic (exact) mass is 230 g/mol. The van der Waals surface area contributed by atoms with Gasteiger partial charge in [-0.05, 0) is 36.2 Å². The van der Waals surface area contributed by atoms with E-state index in [9.17, 15) is 0 Å². The average molecular weight is 230 g/mol. The summed E-state index contributed by atoms with van der Waals surface area (Å²) in [5.41, 5.74) is 8.28. The van der Waals surface area contributed by atoms with E-state index in [0.29, 0.717) is 13.2 Å². The molecular weight excluding hydrogens is 212 g/mol. The van der Waals surface area contributed by atoms with Gasteiger partial charge in [-0.2, -0.15) is 0 Å². The highest BCUT2D eigenvalue weighted by atomic mass is 16.5. The first-order valence-corrected chi connectivity index (χ1v) is 5.90. The lowest BCUT2D eigenvalue weighted by Crippen LogP contribution is -2.13. The van der Waals surface area contributed by atoms with Crippen LogP contribution in [0.1, 0.15) is 24.0 Å². The third-order valence-electron chi connectivity index (χ3n) is 2.85. The fourth-order valence-corrected chi connectivity index (χ4v) is 1.98. The lowest BCUT2D eigenvalue weighted by Gasteiger charge is -2.14. The number of ether oxygens (including phenoxy) is 1. The zero-order valence-corrected chi connectivity index (χ0v) is 10.0. The van der Waals surface area contributed by atoms with Gasteiger partial charge < -0.3 is 15.5 Å². The molecule has 3 nitrogen and oxygen atoms in total. The molecule has 0 amide bonds. The molecule has 2 rings (SSSR count). The number of hydrogen-bond acceptors (Lipinski definition) is 2. The fraction of sp³-hybridized carbons (Fsp3) is 0.286. The summed E-state index contributed by atoms with van der Waals surface area (Å²) in [6, 6.07) is 10.2. The molecule has 3 heteroatoms. The summed E-state index contributed by atoms with van der Waals surface area (Å²) >= 11 is 0. The van der Waals surface area contributed by atoms with Crippen LogP contribution < -0.4 is 10.5 Å². The van der Waals surface area contributed by atoms with E-state index in [1.54, 1.807) is 0 Å². The third kappa shape index (κ3) is 2.68. The van der Waals surface area contributed by atoms with Gasteiger partial charge in [0.15, 0.2) is 0 Å². The van der Waals surface area contributed by atoms with Crippen molar-refractivity contribution in [3.8, 4) is 5.75 Å². The lowest BCUT2D eigenvalue weighted by atomic mass is 9.93.